The molecule has 108 valence electrons. The van der Waals surface area contributed by atoms with Gasteiger partial charge in [0.25, 0.3) is 0 Å². The van der Waals surface area contributed by atoms with Crippen molar-refractivity contribution in [3.63, 3.8) is 0 Å². The summed E-state index contributed by atoms with van der Waals surface area (Å²) in [7, 11) is 1.22. The first-order valence-corrected chi connectivity index (χ1v) is 6.86. The van der Waals surface area contributed by atoms with E-state index in [-0.39, 0.29) is 19.6 Å². The van der Waals surface area contributed by atoms with Gasteiger partial charge in [0.05, 0.1) is 14.1 Å². The first-order valence-electron chi connectivity index (χ1n) is 5.77. The third-order valence-corrected chi connectivity index (χ3v) is 2.23. The minimum absolute atomic E-state index is 0.111. The molecule has 7 nitrogen and oxygen atoms in total. The van der Waals surface area contributed by atoms with Gasteiger partial charge < -0.3 is 24.8 Å². The van der Waals surface area contributed by atoms with E-state index in [0.717, 1.165) is 6.42 Å². The Hall–Kier alpha value is -0.590. The molecule has 8 heteroatoms. The number of carboxylic acid groups (broad SMARTS) is 1. The lowest BCUT2D eigenvalue weighted by Gasteiger charge is -2.02. The number of nitrogens with one attached hydrogen (secondary N) is 1. The zero-order valence-electron chi connectivity index (χ0n) is 10.9. The molecule has 0 aromatic heterocycles. The summed E-state index contributed by atoms with van der Waals surface area (Å²) in [5, 5.41) is 18.1. The van der Waals surface area contributed by atoms with Crippen molar-refractivity contribution in [2.24, 2.45) is 0 Å². The van der Waals surface area contributed by atoms with Crippen molar-refractivity contribution in [3.05, 3.63) is 0 Å². The van der Waals surface area contributed by atoms with Gasteiger partial charge in [-0.2, -0.15) is 0 Å². The van der Waals surface area contributed by atoms with Gasteiger partial charge in [0.15, 0.2) is 6.61 Å². The lowest BCUT2D eigenvalue weighted by molar-refractivity contribution is -0.858. The number of aliphatic carboxylic acids is 1. The second kappa shape index (κ2) is 14.5. The van der Waals surface area contributed by atoms with E-state index in [4.69, 9.17) is 5.11 Å². The molecule has 0 aromatic rings. The van der Waals surface area contributed by atoms with Crippen molar-refractivity contribution in [2.45, 2.75) is 25.7 Å². The van der Waals surface area contributed by atoms with Crippen LogP contribution in [0.25, 0.3) is 0 Å². The summed E-state index contributed by atoms with van der Waals surface area (Å²) in [5.74, 6) is -1.01. The Morgan fingerprint density at radius 1 is 1.33 bits per heavy atom. The summed E-state index contributed by atoms with van der Waals surface area (Å²) in [4.78, 5) is 20.7. The van der Waals surface area contributed by atoms with E-state index < -0.39 is 14.2 Å². The highest BCUT2D eigenvalue weighted by molar-refractivity contribution is 7.30. The van der Waals surface area contributed by atoms with E-state index >= 15 is 0 Å². The lowest BCUT2D eigenvalue weighted by Crippen LogP contribution is -3.06. The van der Waals surface area contributed by atoms with Crippen LogP contribution in [0.3, 0.4) is 0 Å². The zero-order valence-corrected chi connectivity index (χ0v) is 11.8. The standard InChI is InChI=1S/C6H12O3.C4H10NO3P/c7-5-3-1-2-4-6(8)9;1-5(2)3-4-8-9(6)7/h7H,1-5H2,(H,8,9);3-4H2,1-2H3. The molecule has 0 heterocycles. The molecule has 2 N–H and O–H groups in total. The minimum atomic E-state index is -2.64. The molecule has 0 aliphatic rings. The van der Waals surface area contributed by atoms with E-state index in [1.54, 1.807) is 0 Å². The number of carbonyl (C=O) groups excluding carboxylic acids is 1. The first-order chi connectivity index (χ1) is 8.40. The number of quaternary nitrogens is 1. The van der Waals surface area contributed by atoms with Crippen molar-refractivity contribution < 1.29 is 33.9 Å². The summed E-state index contributed by atoms with van der Waals surface area (Å²) in [6.07, 6.45) is 2.18. The van der Waals surface area contributed by atoms with Crippen LogP contribution in [-0.4, -0.2) is 44.9 Å². The van der Waals surface area contributed by atoms with E-state index in [1.165, 1.54) is 4.90 Å². The molecular weight excluding hydrogens is 261 g/mol. The Morgan fingerprint density at radius 2 is 1.94 bits per heavy atom. The van der Waals surface area contributed by atoms with Crippen LogP contribution >= 0.6 is 8.25 Å². The van der Waals surface area contributed by atoms with E-state index in [9.17, 15) is 19.4 Å². The summed E-state index contributed by atoms with van der Waals surface area (Å²) >= 11 is 0. The van der Waals surface area contributed by atoms with Gasteiger partial charge in [-0.15, -0.1) is 4.52 Å². The van der Waals surface area contributed by atoms with Crippen molar-refractivity contribution in [1.29, 1.82) is 0 Å². The average Bonchev–Trinajstić information content (AvgIpc) is 2.24. The molecular formula is C10H22NO6P. The summed E-state index contributed by atoms with van der Waals surface area (Å²) in [5.41, 5.74) is 0. The predicted molar refractivity (Wildman–Crippen MR) is 61.8 cm³/mol. The van der Waals surface area contributed by atoms with Gasteiger partial charge in [0.2, 0.25) is 0 Å². The zero-order chi connectivity index (χ0) is 14.4. The molecule has 0 amide bonds. The van der Waals surface area contributed by atoms with E-state index in [0.29, 0.717) is 19.4 Å². The number of carbonyl (C=O) groups is 1. The molecule has 0 aromatic carbocycles. The van der Waals surface area contributed by atoms with Crippen LogP contribution in [0, 0.1) is 0 Å². The Balaban J connectivity index is 0. The van der Waals surface area contributed by atoms with Crippen LogP contribution in [0.2, 0.25) is 0 Å². The molecule has 0 aliphatic heterocycles. The molecule has 1 unspecified atom stereocenters. The Bertz CT molecular complexity index is 224. The van der Waals surface area contributed by atoms with Gasteiger partial charge in [-0.1, -0.05) is 6.42 Å². The molecule has 0 radical (unpaired) electrons. The normalized spacial score (nSPS) is 10.8. The molecule has 0 aliphatic carbocycles. The molecule has 0 spiro atoms. The van der Waals surface area contributed by atoms with Gasteiger partial charge >= 0.3 is 8.25 Å². The number of carboxylic acids is 1. The monoisotopic (exact) mass is 283 g/mol. The third kappa shape index (κ3) is 24.6. The third-order valence-electron chi connectivity index (χ3n) is 1.84. The smallest absolute Gasteiger partial charge is 0.488 e. The fraction of sp³-hybridized carbons (Fsp3) is 0.900. The van der Waals surface area contributed by atoms with Crippen molar-refractivity contribution in [2.75, 3.05) is 33.9 Å². The Kier molecular flexibility index (Phi) is 15.9. The Labute approximate surface area is 108 Å². The molecule has 0 rings (SSSR count). The maximum Gasteiger partial charge on any atom is 0.488 e. The number of rotatable bonds is 9. The number of hydrogen-bond acceptors (Lipinski definition) is 6. The first kappa shape index (κ1) is 19.7. The molecule has 0 saturated carbocycles. The van der Waals surface area contributed by atoms with Gasteiger partial charge in [0.1, 0.15) is 6.54 Å². The molecule has 0 bridgehead atoms. The quantitative estimate of drug-likeness (QED) is 0.356. The number of likely N-dealkylation sites (N-methyl/N-ethyl adjacent to an activating group) is 1. The van der Waals surface area contributed by atoms with Crippen LogP contribution in [0.15, 0.2) is 0 Å². The van der Waals surface area contributed by atoms with E-state index in [2.05, 4.69) is 4.52 Å². The van der Waals surface area contributed by atoms with Gasteiger partial charge in [0, 0.05) is 12.6 Å². The Morgan fingerprint density at radius 3 is 2.33 bits per heavy atom. The summed E-state index contributed by atoms with van der Waals surface area (Å²) in [6, 6.07) is 0. The lowest BCUT2D eigenvalue weighted by atomic mass is 10.2. The molecule has 0 fully saturated rings. The minimum Gasteiger partial charge on any atom is -0.566 e. The molecule has 0 saturated heterocycles. The predicted octanol–water partition coefficient (Wildman–Crippen LogP) is -2.55. The second-order valence-electron chi connectivity index (χ2n) is 3.92. The van der Waals surface area contributed by atoms with Gasteiger partial charge in [-0.3, -0.25) is 0 Å². The molecule has 18 heavy (non-hydrogen) atoms. The number of unbranched alkanes of at least 4 members (excludes halogenated alkanes) is 2. The van der Waals surface area contributed by atoms with Gasteiger partial charge in [-0.25, -0.2) is 0 Å². The van der Waals surface area contributed by atoms with Crippen LogP contribution in [0.5, 0.6) is 0 Å². The fourth-order valence-corrected chi connectivity index (χ4v) is 1.12. The number of aliphatic hydroxyl groups is 1. The van der Waals surface area contributed by atoms with Crippen molar-refractivity contribution >= 4 is 14.2 Å². The van der Waals surface area contributed by atoms with Crippen molar-refractivity contribution in [3.8, 4) is 0 Å². The van der Waals surface area contributed by atoms with Crippen LogP contribution in [-0.2, 0) is 13.9 Å². The largest absolute Gasteiger partial charge is 0.566 e. The maximum atomic E-state index is 9.79. The van der Waals surface area contributed by atoms with Crippen LogP contribution in [0.1, 0.15) is 25.7 Å². The SMILES string of the molecule is C[NH+](C)CCO[P+](=O)[O-].O=C([O-])CCCCCO. The fourth-order valence-electron chi connectivity index (χ4n) is 0.882. The number of aliphatic hydroxyl groups excluding tert-OH is 1. The second-order valence-corrected chi connectivity index (χ2v) is 4.63. The summed E-state index contributed by atoms with van der Waals surface area (Å²) < 4.78 is 14.1. The highest BCUT2D eigenvalue weighted by atomic mass is 31.1. The maximum absolute atomic E-state index is 9.79. The van der Waals surface area contributed by atoms with Crippen LogP contribution in [0.4, 0.5) is 0 Å². The summed E-state index contributed by atoms with van der Waals surface area (Å²) in [6.45, 7) is 1.14. The molecule has 1 atom stereocenters. The van der Waals surface area contributed by atoms with Crippen molar-refractivity contribution in [1.82, 2.24) is 0 Å². The van der Waals surface area contributed by atoms with Crippen LogP contribution < -0.4 is 14.9 Å². The topological polar surface area (TPSA) is 114 Å². The number of hydrogen-bond donors (Lipinski definition) is 2. The average molecular weight is 283 g/mol. The van der Waals surface area contributed by atoms with E-state index in [1.807, 2.05) is 14.1 Å². The highest BCUT2D eigenvalue weighted by Crippen LogP contribution is 2.05. The van der Waals surface area contributed by atoms with Gasteiger partial charge in [-0.05, 0) is 23.8 Å². The highest BCUT2D eigenvalue weighted by Gasteiger charge is 2.01.